The summed E-state index contributed by atoms with van der Waals surface area (Å²) >= 11 is 1.33. The number of hydrogen-bond donors (Lipinski definition) is 1. The Morgan fingerprint density at radius 3 is 2.62 bits per heavy atom. The first kappa shape index (κ1) is 24.2. The van der Waals surface area contributed by atoms with E-state index in [0.717, 1.165) is 29.7 Å². The van der Waals surface area contributed by atoms with Crippen molar-refractivity contribution in [3.63, 3.8) is 0 Å². The number of benzene rings is 2. The molecular formula is C26H29N3O4S. The molecule has 2 amide bonds. The highest BCUT2D eigenvalue weighted by molar-refractivity contribution is 8.15. The molecule has 7 nitrogen and oxygen atoms in total. The quantitative estimate of drug-likeness (QED) is 0.584. The topological polar surface area (TPSA) is 88.1 Å². The van der Waals surface area contributed by atoms with Gasteiger partial charge in [0, 0.05) is 24.3 Å². The Morgan fingerprint density at radius 2 is 1.94 bits per heavy atom. The first-order valence-corrected chi connectivity index (χ1v) is 12.3. The molecule has 0 aliphatic carbocycles. The fourth-order valence-electron chi connectivity index (χ4n) is 4.00. The molecule has 2 saturated heterocycles. The highest BCUT2D eigenvalue weighted by atomic mass is 32.2. The average Bonchev–Trinajstić information content (AvgIpc) is 3.41. The molecule has 34 heavy (non-hydrogen) atoms. The van der Waals surface area contributed by atoms with E-state index in [0.29, 0.717) is 29.6 Å². The van der Waals surface area contributed by atoms with Crippen molar-refractivity contribution in [1.82, 2.24) is 4.90 Å². The number of thioether (sulfide) groups is 1. The van der Waals surface area contributed by atoms with Crippen molar-refractivity contribution < 1.29 is 19.1 Å². The van der Waals surface area contributed by atoms with Crippen LogP contribution in [-0.4, -0.2) is 52.2 Å². The van der Waals surface area contributed by atoms with E-state index in [9.17, 15) is 14.4 Å². The molecule has 0 radical (unpaired) electrons. The SMILES string of the molecule is CC(=O)c1ccc(NC(=O)CC2SC(=Nc3cc(C)ccc3C)N(CC3CCCO3)C2=O)cc1. The Hall–Kier alpha value is -2.97. The number of aryl methyl sites for hydroxylation is 2. The molecule has 0 bridgehead atoms. The summed E-state index contributed by atoms with van der Waals surface area (Å²) in [5, 5.41) is 2.88. The van der Waals surface area contributed by atoms with Crippen molar-refractivity contribution in [1.29, 1.82) is 0 Å². The minimum absolute atomic E-state index is 0.0132. The van der Waals surface area contributed by atoms with Crippen LogP contribution in [0, 0.1) is 13.8 Å². The van der Waals surface area contributed by atoms with Crippen molar-refractivity contribution >= 4 is 45.9 Å². The second kappa shape index (κ2) is 10.5. The molecule has 2 aromatic carbocycles. The second-order valence-corrected chi connectivity index (χ2v) is 9.93. The Balaban J connectivity index is 1.50. The molecule has 2 heterocycles. The van der Waals surface area contributed by atoms with E-state index in [1.165, 1.54) is 18.7 Å². The van der Waals surface area contributed by atoms with Gasteiger partial charge in [-0.25, -0.2) is 4.99 Å². The van der Waals surface area contributed by atoms with Gasteiger partial charge in [-0.2, -0.15) is 0 Å². The maximum absolute atomic E-state index is 13.3. The van der Waals surface area contributed by atoms with Gasteiger partial charge in [-0.1, -0.05) is 23.9 Å². The largest absolute Gasteiger partial charge is 0.376 e. The van der Waals surface area contributed by atoms with Crippen molar-refractivity contribution in [2.24, 2.45) is 4.99 Å². The summed E-state index contributed by atoms with van der Waals surface area (Å²) in [7, 11) is 0. The van der Waals surface area contributed by atoms with Gasteiger partial charge in [0.05, 0.1) is 18.3 Å². The van der Waals surface area contributed by atoms with Gasteiger partial charge in [-0.05, 0) is 75.1 Å². The van der Waals surface area contributed by atoms with E-state index in [-0.39, 0.29) is 30.1 Å². The Bertz CT molecular complexity index is 1120. The second-order valence-electron chi connectivity index (χ2n) is 8.76. The lowest BCUT2D eigenvalue weighted by Gasteiger charge is -2.20. The van der Waals surface area contributed by atoms with Crippen LogP contribution in [0.25, 0.3) is 0 Å². The molecule has 0 spiro atoms. The Labute approximate surface area is 204 Å². The number of carbonyl (C=O) groups is 3. The van der Waals surface area contributed by atoms with E-state index in [2.05, 4.69) is 5.32 Å². The number of hydrogen-bond acceptors (Lipinski definition) is 6. The summed E-state index contributed by atoms with van der Waals surface area (Å²) in [6, 6.07) is 12.8. The predicted octanol–water partition coefficient (Wildman–Crippen LogP) is 4.65. The number of ketones is 1. The molecule has 8 heteroatoms. The molecule has 178 valence electrons. The van der Waals surface area contributed by atoms with Crippen LogP contribution in [0.15, 0.2) is 47.5 Å². The van der Waals surface area contributed by atoms with Crippen LogP contribution in [0.2, 0.25) is 0 Å². The van der Waals surface area contributed by atoms with E-state index in [1.54, 1.807) is 29.2 Å². The van der Waals surface area contributed by atoms with Crippen LogP contribution in [0.3, 0.4) is 0 Å². The molecule has 2 aliphatic heterocycles. The Morgan fingerprint density at radius 1 is 1.18 bits per heavy atom. The number of nitrogens with one attached hydrogen (secondary N) is 1. The third-order valence-electron chi connectivity index (χ3n) is 5.96. The third-order valence-corrected chi connectivity index (χ3v) is 7.13. The molecule has 1 N–H and O–H groups in total. The number of rotatable bonds is 7. The van der Waals surface area contributed by atoms with Crippen LogP contribution >= 0.6 is 11.8 Å². The smallest absolute Gasteiger partial charge is 0.242 e. The minimum Gasteiger partial charge on any atom is -0.376 e. The molecule has 2 atom stereocenters. The number of anilines is 1. The summed E-state index contributed by atoms with van der Waals surface area (Å²) in [6.45, 7) is 6.65. The van der Waals surface area contributed by atoms with Gasteiger partial charge in [-0.15, -0.1) is 0 Å². The van der Waals surface area contributed by atoms with Crippen LogP contribution in [0.5, 0.6) is 0 Å². The van der Waals surface area contributed by atoms with E-state index >= 15 is 0 Å². The molecule has 2 fully saturated rings. The van der Waals surface area contributed by atoms with Gasteiger partial charge < -0.3 is 10.1 Å². The van der Waals surface area contributed by atoms with E-state index in [4.69, 9.17) is 9.73 Å². The van der Waals surface area contributed by atoms with Crippen molar-refractivity contribution in [2.45, 2.75) is 51.4 Å². The molecule has 0 aromatic heterocycles. The maximum Gasteiger partial charge on any atom is 0.242 e. The van der Waals surface area contributed by atoms with Gasteiger partial charge in [0.15, 0.2) is 11.0 Å². The van der Waals surface area contributed by atoms with Gasteiger partial charge in [0.1, 0.15) is 5.25 Å². The minimum atomic E-state index is -0.554. The summed E-state index contributed by atoms with van der Waals surface area (Å²) in [6.07, 6.45) is 1.91. The average molecular weight is 480 g/mol. The Kier molecular flexibility index (Phi) is 7.48. The molecule has 0 saturated carbocycles. The van der Waals surface area contributed by atoms with Gasteiger partial charge in [0.25, 0.3) is 0 Å². The maximum atomic E-state index is 13.3. The zero-order valence-electron chi connectivity index (χ0n) is 19.7. The monoisotopic (exact) mass is 479 g/mol. The fraction of sp³-hybridized carbons (Fsp3) is 0.385. The number of ether oxygens (including phenoxy) is 1. The molecule has 2 aliphatic rings. The highest BCUT2D eigenvalue weighted by Crippen LogP contribution is 2.34. The lowest BCUT2D eigenvalue weighted by Crippen LogP contribution is -2.38. The zero-order valence-corrected chi connectivity index (χ0v) is 20.5. The molecular weight excluding hydrogens is 450 g/mol. The van der Waals surface area contributed by atoms with Crippen molar-refractivity contribution in [3.05, 3.63) is 59.2 Å². The lowest BCUT2D eigenvalue weighted by molar-refractivity contribution is -0.129. The fourth-order valence-corrected chi connectivity index (χ4v) is 5.16. The summed E-state index contributed by atoms with van der Waals surface area (Å²) < 4.78 is 5.76. The molecule has 2 aromatic rings. The van der Waals surface area contributed by atoms with Gasteiger partial charge >= 0.3 is 0 Å². The molecule has 2 unspecified atom stereocenters. The molecule has 4 rings (SSSR count). The van der Waals surface area contributed by atoms with Crippen LogP contribution in [0.4, 0.5) is 11.4 Å². The van der Waals surface area contributed by atoms with Gasteiger partial charge in [-0.3, -0.25) is 19.3 Å². The number of nitrogens with zero attached hydrogens (tertiary/aromatic N) is 2. The number of Topliss-reactive ketones (excluding diaryl/α,β-unsaturated/α-hetero) is 1. The summed E-state index contributed by atoms with van der Waals surface area (Å²) in [5.74, 6) is -0.411. The summed E-state index contributed by atoms with van der Waals surface area (Å²) in [4.78, 5) is 44.0. The lowest BCUT2D eigenvalue weighted by atomic mass is 10.1. The number of amides is 2. The zero-order chi connectivity index (χ0) is 24.2. The normalized spacial score (nSPS) is 21.3. The van der Waals surface area contributed by atoms with Crippen molar-refractivity contribution in [2.75, 3.05) is 18.5 Å². The van der Waals surface area contributed by atoms with Crippen LogP contribution < -0.4 is 5.32 Å². The third kappa shape index (κ3) is 5.74. The highest BCUT2D eigenvalue weighted by Gasteiger charge is 2.40. The summed E-state index contributed by atoms with van der Waals surface area (Å²) in [5.41, 5.74) is 4.11. The first-order valence-electron chi connectivity index (χ1n) is 11.5. The number of amidine groups is 1. The number of carbonyl (C=O) groups excluding carboxylic acids is 3. The van der Waals surface area contributed by atoms with E-state index in [1.807, 2.05) is 32.0 Å². The predicted molar refractivity (Wildman–Crippen MR) is 135 cm³/mol. The van der Waals surface area contributed by atoms with E-state index < -0.39 is 5.25 Å². The van der Waals surface area contributed by atoms with Crippen LogP contribution in [-0.2, 0) is 14.3 Å². The first-order chi connectivity index (χ1) is 16.3. The van der Waals surface area contributed by atoms with Crippen molar-refractivity contribution in [3.8, 4) is 0 Å². The number of aliphatic imine (C=N–C) groups is 1. The van der Waals surface area contributed by atoms with Crippen LogP contribution in [0.1, 0.15) is 47.7 Å². The van der Waals surface area contributed by atoms with Gasteiger partial charge in [0.2, 0.25) is 11.8 Å². The standard InChI is InChI=1S/C26H29N3O4S/c1-16-6-7-17(2)22(13-16)28-26-29(15-21-5-4-12-33-21)25(32)23(34-26)14-24(31)27-20-10-8-19(9-11-20)18(3)30/h6-11,13,21,23H,4-5,12,14-15H2,1-3H3,(H,27,31).